The van der Waals surface area contributed by atoms with Crippen LogP contribution >= 0.6 is 0 Å². The maximum Gasteiger partial charge on any atom is 0.277 e. The predicted molar refractivity (Wildman–Crippen MR) is 106 cm³/mol. The molecule has 134 valence electrons. The van der Waals surface area contributed by atoms with Crippen molar-refractivity contribution in [3.63, 3.8) is 0 Å². The number of nitrogens with zero attached hydrogens (tertiary/aromatic N) is 3. The van der Waals surface area contributed by atoms with Crippen molar-refractivity contribution < 1.29 is 9.59 Å². The number of carbonyl (C=O) groups excluding carboxylic acids is 2. The normalized spacial score (nSPS) is 13.3. The van der Waals surface area contributed by atoms with E-state index < -0.39 is 0 Å². The fourth-order valence-corrected chi connectivity index (χ4v) is 3.26. The molecule has 1 heterocycles. The zero-order valence-electron chi connectivity index (χ0n) is 14.9. The average Bonchev–Trinajstić information content (AvgIpc) is 2.73. The summed E-state index contributed by atoms with van der Waals surface area (Å²) in [7, 11) is 1.91. The number of amides is 2. The summed E-state index contributed by atoms with van der Waals surface area (Å²) in [5, 5.41) is 2.96. The Morgan fingerprint density at radius 1 is 0.852 bits per heavy atom. The van der Waals surface area contributed by atoms with Gasteiger partial charge in [-0.1, -0.05) is 48.5 Å². The van der Waals surface area contributed by atoms with E-state index in [1.54, 1.807) is 18.2 Å². The number of carbonyl (C=O) groups is 2. The molecule has 0 fully saturated rings. The van der Waals surface area contributed by atoms with Gasteiger partial charge < -0.3 is 4.90 Å². The smallest absolute Gasteiger partial charge is 0.277 e. The van der Waals surface area contributed by atoms with Gasteiger partial charge in [-0.3, -0.25) is 9.59 Å². The lowest BCUT2D eigenvalue weighted by Gasteiger charge is -2.41. The molecule has 0 unspecified atom stereocenters. The summed E-state index contributed by atoms with van der Waals surface area (Å²) < 4.78 is 0. The van der Waals surface area contributed by atoms with E-state index in [1.807, 2.05) is 78.7 Å². The van der Waals surface area contributed by atoms with E-state index in [1.165, 1.54) is 10.0 Å². The highest BCUT2D eigenvalue weighted by Crippen LogP contribution is 2.29. The van der Waals surface area contributed by atoms with Crippen molar-refractivity contribution in [2.24, 2.45) is 0 Å². The van der Waals surface area contributed by atoms with Crippen LogP contribution in [0.1, 0.15) is 20.7 Å². The summed E-state index contributed by atoms with van der Waals surface area (Å²) in [5.74, 6) is -0.445. The van der Waals surface area contributed by atoms with Gasteiger partial charge in [0, 0.05) is 12.6 Å². The molecule has 3 aromatic rings. The molecule has 3 aromatic carbocycles. The first-order valence-electron chi connectivity index (χ1n) is 8.73. The summed E-state index contributed by atoms with van der Waals surface area (Å²) in [5.41, 5.74) is 2.61. The Morgan fingerprint density at radius 3 is 2.15 bits per heavy atom. The van der Waals surface area contributed by atoms with Gasteiger partial charge in [-0.15, -0.1) is 0 Å². The predicted octanol–water partition coefficient (Wildman–Crippen LogP) is 3.80. The number of benzene rings is 3. The third-order valence-electron chi connectivity index (χ3n) is 4.58. The molecule has 0 aliphatic carbocycles. The monoisotopic (exact) mass is 357 g/mol. The molecule has 0 aromatic heterocycles. The van der Waals surface area contributed by atoms with Crippen LogP contribution in [-0.2, 0) is 0 Å². The van der Waals surface area contributed by atoms with Gasteiger partial charge in [0.25, 0.3) is 11.8 Å². The second-order valence-electron chi connectivity index (χ2n) is 6.38. The molecular weight excluding hydrogens is 338 g/mol. The van der Waals surface area contributed by atoms with Gasteiger partial charge in [0.1, 0.15) is 6.67 Å². The first-order valence-corrected chi connectivity index (χ1v) is 8.73. The van der Waals surface area contributed by atoms with Crippen molar-refractivity contribution in [1.29, 1.82) is 0 Å². The minimum atomic E-state index is -0.247. The van der Waals surface area contributed by atoms with Crippen molar-refractivity contribution in [1.82, 2.24) is 5.01 Å². The fraction of sp³-hybridized carbons (Fsp3) is 0.0909. The summed E-state index contributed by atoms with van der Waals surface area (Å²) in [4.78, 5) is 28.5. The van der Waals surface area contributed by atoms with Gasteiger partial charge in [-0.2, -0.15) is 0 Å². The largest absolute Gasteiger partial charge is 0.355 e. The van der Waals surface area contributed by atoms with E-state index in [9.17, 15) is 9.59 Å². The maximum absolute atomic E-state index is 13.3. The second kappa shape index (κ2) is 6.96. The first kappa shape index (κ1) is 16.8. The molecule has 1 aliphatic heterocycles. The molecule has 4 rings (SSSR count). The lowest BCUT2D eigenvalue weighted by molar-refractivity contribution is 0.0665. The van der Waals surface area contributed by atoms with Crippen LogP contribution in [0.25, 0.3) is 0 Å². The van der Waals surface area contributed by atoms with Gasteiger partial charge >= 0.3 is 0 Å². The van der Waals surface area contributed by atoms with Gasteiger partial charge in [0.15, 0.2) is 0 Å². The van der Waals surface area contributed by atoms with Gasteiger partial charge in [0.2, 0.25) is 0 Å². The SMILES string of the molecule is CN1CN(N(C(=O)c2ccccc2)c2ccccc2)C(=O)c2ccccc21. The third kappa shape index (κ3) is 3.04. The lowest BCUT2D eigenvalue weighted by atomic mass is 10.1. The quantitative estimate of drug-likeness (QED) is 0.716. The number of hydrogen-bond acceptors (Lipinski definition) is 3. The van der Waals surface area contributed by atoms with E-state index >= 15 is 0 Å². The minimum absolute atomic E-state index is 0.197. The summed E-state index contributed by atoms with van der Waals surface area (Å²) in [6.07, 6.45) is 0. The highest BCUT2D eigenvalue weighted by molar-refractivity contribution is 6.10. The van der Waals surface area contributed by atoms with Crippen LogP contribution < -0.4 is 9.91 Å². The Balaban J connectivity index is 1.80. The Kier molecular flexibility index (Phi) is 4.34. The molecule has 0 radical (unpaired) electrons. The zero-order chi connectivity index (χ0) is 18.8. The molecule has 0 saturated heterocycles. The molecule has 5 nitrogen and oxygen atoms in total. The van der Waals surface area contributed by atoms with Crippen molar-refractivity contribution in [3.8, 4) is 0 Å². The Bertz CT molecular complexity index is 973. The molecule has 0 spiro atoms. The molecule has 2 amide bonds. The van der Waals surface area contributed by atoms with Crippen molar-refractivity contribution in [2.75, 3.05) is 23.6 Å². The average molecular weight is 357 g/mol. The van der Waals surface area contributed by atoms with Crippen LogP contribution in [-0.4, -0.2) is 30.5 Å². The van der Waals surface area contributed by atoms with E-state index in [4.69, 9.17) is 0 Å². The zero-order valence-corrected chi connectivity index (χ0v) is 14.9. The van der Waals surface area contributed by atoms with Crippen LogP contribution in [0.15, 0.2) is 84.9 Å². The topological polar surface area (TPSA) is 43.9 Å². The molecule has 0 bridgehead atoms. The second-order valence-corrected chi connectivity index (χ2v) is 6.38. The molecule has 1 aliphatic rings. The standard InChI is InChI=1S/C22H19N3O2/c1-23-16-24(22(27)19-14-8-9-15-20(19)23)25(18-12-6-3-7-13-18)21(26)17-10-4-2-5-11-17/h2-15H,16H2,1H3. The van der Waals surface area contributed by atoms with Crippen molar-refractivity contribution in [2.45, 2.75) is 0 Å². The first-order chi connectivity index (χ1) is 13.2. The fourth-order valence-electron chi connectivity index (χ4n) is 3.26. The number of hydrogen-bond donors (Lipinski definition) is 0. The van der Waals surface area contributed by atoms with Crippen LogP contribution in [0.2, 0.25) is 0 Å². The maximum atomic E-state index is 13.3. The van der Waals surface area contributed by atoms with Crippen LogP contribution in [0.3, 0.4) is 0 Å². The Morgan fingerprint density at radius 2 is 1.44 bits per heavy atom. The molecule has 5 heteroatoms. The summed E-state index contributed by atoms with van der Waals surface area (Å²) >= 11 is 0. The van der Waals surface area contributed by atoms with E-state index in [-0.39, 0.29) is 18.5 Å². The van der Waals surface area contributed by atoms with Crippen LogP contribution in [0.5, 0.6) is 0 Å². The Labute approximate surface area is 158 Å². The number of hydrazine groups is 1. The highest BCUT2D eigenvalue weighted by Gasteiger charge is 2.35. The molecule has 27 heavy (non-hydrogen) atoms. The Hall–Kier alpha value is -3.60. The van der Waals surface area contributed by atoms with E-state index in [0.717, 1.165) is 5.69 Å². The van der Waals surface area contributed by atoms with Crippen LogP contribution in [0, 0.1) is 0 Å². The van der Waals surface area contributed by atoms with E-state index in [0.29, 0.717) is 16.8 Å². The van der Waals surface area contributed by atoms with Crippen molar-refractivity contribution in [3.05, 3.63) is 96.1 Å². The molecule has 0 N–H and O–H groups in total. The number of rotatable bonds is 3. The number of anilines is 2. The number of fused-ring (bicyclic) bond motifs is 1. The number of para-hydroxylation sites is 2. The van der Waals surface area contributed by atoms with Gasteiger partial charge in [0.05, 0.1) is 16.9 Å². The van der Waals surface area contributed by atoms with E-state index in [2.05, 4.69) is 0 Å². The van der Waals surface area contributed by atoms with Crippen molar-refractivity contribution >= 4 is 23.2 Å². The minimum Gasteiger partial charge on any atom is -0.355 e. The molecule has 0 atom stereocenters. The third-order valence-corrected chi connectivity index (χ3v) is 4.58. The summed E-state index contributed by atoms with van der Waals surface area (Å²) in [6, 6.07) is 25.7. The highest BCUT2D eigenvalue weighted by atomic mass is 16.2. The summed E-state index contributed by atoms with van der Waals surface area (Å²) in [6.45, 7) is 0.281. The molecular formula is C22H19N3O2. The van der Waals surface area contributed by atoms with Gasteiger partial charge in [-0.25, -0.2) is 10.0 Å². The van der Waals surface area contributed by atoms with Crippen LogP contribution in [0.4, 0.5) is 11.4 Å². The molecule has 0 saturated carbocycles. The lowest BCUT2D eigenvalue weighted by Crippen LogP contribution is -2.56. The van der Waals surface area contributed by atoms with Gasteiger partial charge in [-0.05, 0) is 36.4 Å².